The van der Waals surface area contributed by atoms with Crippen molar-refractivity contribution in [1.82, 2.24) is 14.6 Å². The Morgan fingerprint density at radius 3 is 2.70 bits per heavy atom. The van der Waals surface area contributed by atoms with E-state index in [0.717, 1.165) is 30.0 Å². The fraction of sp³-hybridized carbons (Fsp3) is 0.357. The van der Waals surface area contributed by atoms with Gasteiger partial charge in [0.05, 0.1) is 0 Å². The third-order valence-corrected chi connectivity index (χ3v) is 5.75. The Bertz CT molecular complexity index is 1110. The minimum absolute atomic E-state index is 0.853. The fourth-order valence-electron chi connectivity index (χ4n) is 3.99. The summed E-state index contributed by atoms with van der Waals surface area (Å²) < 4.78 is 1.93. The molecule has 0 unspecified atom stereocenters. The van der Waals surface area contributed by atoms with Gasteiger partial charge < -0.3 is 10.2 Å². The highest BCUT2D eigenvalue weighted by molar-refractivity contribution is 5.77. The van der Waals surface area contributed by atoms with Crippen LogP contribution in [0.5, 0.6) is 0 Å². The molecule has 33 heavy (non-hydrogen) atoms. The van der Waals surface area contributed by atoms with Crippen molar-refractivity contribution in [2.24, 2.45) is 0 Å². The number of rotatable bonds is 12. The number of hydrogen-bond donors (Lipinski definition) is 1. The number of hydrogen-bond acceptors (Lipinski definition) is 4. The second kappa shape index (κ2) is 12.6. The van der Waals surface area contributed by atoms with Gasteiger partial charge in [0, 0.05) is 31.2 Å². The number of nitrogens with one attached hydrogen (secondary N) is 1. The van der Waals surface area contributed by atoms with Crippen LogP contribution in [-0.2, 0) is 6.42 Å². The first kappa shape index (κ1) is 24.3. The Kier molecular flexibility index (Phi) is 9.31. The predicted molar refractivity (Wildman–Crippen MR) is 142 cm³/mol. The Balaban J connectivity index is 1.71. The van der Waals surface area contributed by atoms with Crippen LogP contribution in [0.1, 0.15) is 50.7 Å². The smallest absolute Gasteiger partial charge is 0.158 e. The summed E-state index contributed by atoms with van der Waals surface area (Å²) in [7, 11) is 2.12. The maximum Gasteiger partial charge on any atom is 0.158 e. The molecule has 2 heterocycles. The van der Waals surface area contributed by atoms with Crippen LogP contribution in [0, 0.1) is 6.92 Å². The number of nitrogens with zero attached hydrogens (tertiary/aromatic N) is 4. The third-order valence-electron chi connectivity index (χ3n) is 5.75. The van der Waals surface area contributed by atoms with Crippen molar-refractivity contribution in [3.63, 3.8) is 0 Å². The van der Waals surface area contributed by atoms with E-state index in [1.54, 1.807) is 6.33 Å². The zero-order chi connectivity index (χ0) is 23.5. The van der Waals surface area contributed by atoms with E-state index < -0.39 is 0 Å². The molecular formula is C28H37N5. The summed E-state index contributed by atoms with van der Waals surface area (Å²) in [6, 6.07) is 8.65. The molecule has 0 amide bonds. The highest BCUT2D eigenvalue weighted by Crippen LogP contribution is 2.27. The summed E-state index contributed by atoms with van der Waals surface area (Å²) >= 11 is 0. The second-order valence-corrected chi connectivity index (χ2v) is 8.40. The molecule has 1 aromatic carbocycles. The van der Waals surface area contributed by atoms with Gasteiger partial charge in [-0.1, -0.05) is 62.6 Å². The molecule has 0 fully saturated rings. The second-order valence-electron chi connectivity index (χ2n) is 8.40. The lowest BCUT2D eigenvalue weighted by Gasteiger charge is -2.20. The molecule has 0 aliphatic carbocycles. The van der Waals surface area contributed by atoms with E-state index in [2.05, 4.69) is 83.7 Å². The average molecular weight is 444 g/mol. The van der Waals surface area contributed by atoms with Gasteiger partial charge in [-0.05, 0) is 62.1 Å². The minimum Gasteiger partial charge on any atom is -0.371 e. The van der Waals surface area contributed by atoms with Gasteiger partial charge in [-0.3, -0.25) is 0 Å². The van der Waals surface area contributed by atoms with E-state index in [-0.39, 0.29) is 0 Å². The number of fused-ring (bicyclic) bond motifs is 1. The molecule has 3 rings (SSSR count). The van der Waals surface area contributed by atoms with Crippen LogP contribution in [0.25, 0.3) is 5.52 Å². The topological polar surface area (TPSA) is 45.5 Å². The SMILES string of the molecule is C\C=C/C=C\C=C\CN(C)c1ccc(Nc2ncnn3ccc(CCCCCC)c23)cc1C. The normalized spacial score (nSPS) is 12.0. The van der Waals surface area contributed by atoms with E-state index in [1.165, 1.54) is 42.5 Å². The maximum absolute atomic E-state index is 4.56. The van der Waals surface area contributed by atoms with Gasteiger partial charge in [-0.2, -0.15) is 5.10 Å². The lowest BCUT2D eigenvalue weighted by Crippen LogP contribution is -2.17. The Labute approximate surface area is 198 Å². The number of aryl methyl sites for hydroxylation is 2. The van der Waals surface area contributed by atoms with Gasteiger partial charge in [-0.25, -0.2) is 9.50 Å². The first-order valence-electron chi connectivity index (χ1n) is 12.0. The van der Waals surface area contributed by atoms with Crippen LogP contribution in [0.3, 0.4) is 0 Å². The van der Waals surface area contributed by atoms with Crippen molar-refractivity contribution in [3.05, 3.63) is 84.4 Å². The number of unbranched alkanes of at least 4 members (excludes halogenated alkanes) is 3. The largest absolute Gasteiger partial charge is 0.371 e. The average Bonchev–Trinajstić information content (AvgIpc) is 3.23. The van der Waals surface area contributed by atoms with E-state index in [0.29, 0.717) is 0 Å². The van der Waals surface area contributed by atoms with Gasteiger partial charge in [0.1, 0.15) is 11.8 Å². The molecule has 5 nitrogen and oxygen atoms in total. The van der Waals surface area contributed by atoms with Crippen LogP contribution in [0.4, 0.5) is 17.2 Å². The van der Waals surface area contributed by atoms with Gasteiger partial charge in [0.2, 0.25) is 0 Å². The minimum atomic E-state index is 0.853. The van der Waals surface area contributed by atoms with Crippen molar-refractivity contribution < 1.29 is 0 Å². The highest BCUT2D eigenvalue weighted by atomic mass is 15.2. The van der Waals surface area contributed by atoms with Crippen LogP contribution in [0.15, 0.2) is 73.2 Å². The molecular weight excluding hydrogens is 406 g/mol. The Morgan fingerprint density at radius 2 is 1.91 bits per heavy atom. The van der Waals surface area contributed by atoms with Gasteiger partial charge >= 0.3 is 0 Å². The zero-order valence-electron chi connectivity index (χ0n) is 20.5. The predicted octanol–water partition coefficient (Wildman–Crippen LogP) is 7.03. The van der Waals surface area contributed by atoms with Crippen molar-refractivity contribution in [2.45, 2.75) is 52.9 Å². The summed E-state index contributed by atoms with van der Waals surface area (Å²) in [5.41, 5.74) is 5.85. The molecule has 2 aromatic heterocycles. The molecule has 0 aliphatic rings. The molecule has 0 saturated heterocycles. The summed E-state index contributed by atoms with van der Waals surface area (Å²) in [5, 5.41) is 7.93. The van der Waals surface area contributed by atoms with E-state index in [4.69, 9.17) is 0 Å². The van der Waals surface area contributed by atoms with Crippen molar-refractivity contribution in [2.75, 3.05) is 23.8 Å². The van der Waals surface area contributed by atoms with Crippen LogP contribution in [-0.4, -0.2) is 28.2 Å². The molecule has 0 saturated carbocycles. The lowest BCUT2D eigenvalue weighted by molar-refractivity contribution is 0.668. The molecule has 0 atom stereocenters. The molecule has 5 heteroatoms. The van der Waals surface area contributed by atoms with Gasteiger partial charge in [0.25, 0.3) is 0 Å². The number of anilines is 3. The molecule has 0 aliphatic heterocycles. The third kappa shape index (κ3) is 6.82. The summed E-state index contributed by atoms with van der Waals surface area (Å²) in [4.78, 5) is 6.82. The summed E-state index contributed by atoms with van der Waals surface area (Å²) in [5.74, 6) is 0.858. The van der Waals surface area contributed by atoms with Crippen molar-refractivity contribution in [3.8, 4) is 0 Å². The molecule has 174 valence electrons. The number of aromatic nitrogens is 3. The van der Waals surface area contributed by atoms with Crippen LogP contribution >= 0.6 is 0 Å². The van der Waals surface area contributed by atoms with E-state index in [1.807, 2.05) is 35.9 Å². The fourth-order valence-corrected chi connectivity index (χ4v) is 3.99. The summed E-state index contributed by atoms with van der Waals surface area (Å²) in [6.07, 6.45) is 22.1. The first-order valence-corrected chi connectivity index (χ1v) is 12.0. The zero-order valence-corrected chi connectivity index (χ0v) is 20.5. The van der Waals surface area contributed by atoms with Crippen LogP contribution < -0.4 is 10.2 Å². The van der Waals surface area contributed by atoms with Crippen molar-refractivity contribution in [1.29, 1.82) is 0 Å². The standard InChI is InChI=1S/C28H37N5/c1-5-7-9-11-12-14-19-32(4)26-17-16-25(21-23(26)3)31-28-27-24(15-13-10-8-6-2)18-20-33(27)30-22-29-28/h5,7,9,11-12,14,16-18,20-22H,6,8,10,13,15,19H2,1-4H3,(H,29,30,31)/b7-5-,11-9-,14-12+. The van der Waals surface area contributed by atoms with Crippen LogP contribution in [0.2, 0.25) is 0 Å². The van der Waals surface area contributed by atoms with E-state index in [9.17, 15) is 0 Å². The van der Waals surface area contributed by atoms with Gasteiger partial charge in [-0.15, -0.1) is 0 Å². The summed E-state index contributed by atoms with van der Waals surface area (Å²) in [6.45, 7) is 7.27. The number of benzene rings is 1. The van der Waals surface area contributed by atoms with Crippen molar-refractivity contribution >= 4 is 22.7 Å². The quantitative estimate of drug-likeness (QED) is 0.241. The highest BCUT2D eigenvalue weighted by Gasteiger charge is 2.11. The van der Waals surface area contributed by atoms with Gasteiger partial charge in [0.15, 0.2) is 5.82 Å². The number of allylic oxidation sites excluding steroid dienone is 5. The maximum atomic E-state index is 4.56. The molecule has 0 radical (unpaired) electrons. The Hall–Kier alpha value is -3.34. The van der Waals surface area contributed by atoms with E-state index >= 15 is 0 Å². The Morgan fingerprint density at radius 1 is 1.06 bits per heavy atom. The molecule has 0 bridgehead atoms. The number of likely N-dealkylation sites (N-methyl/N-ethyl adjacent to an activating group) is 1. The molecule has 0 spiro atoms. The molecule has 3 aromatic rings. The first-order chi connectivity index (χ1) is 16.1. The monoisotopic (exact) mass is 443 g/mol. The lowest BCUT2D eigenvalue weighted by atomic mass is 10.1. The molecule has 1 N–H and O–H groups in total.